The zero-order valence-electron chi connectivity index (χ0n) is 33.4. The monoisotopic (exact) mass is 811 g/mol. The molecule has 2 unspecified atom stereocenters. The first-order valence-electron chi connectivity index (χ1n) is 19.5. The predicted octanol–water partition coefficient (Wildman–Crippen LogP) is 3.42. The Balaban J connectivity index is 0.000000273. The first-order valence-corrected chi connectivity index (χ1v) is 20.8. The van der Waals surface area contributed by atoms with Gasteiger partial charge >= 0.3 is 0 Å². The number of carbonyl (C=O) groups excluding carboxylic acids is 9. The summed E-state index contributed by atoms with van der Waals surface area (Å²) in [6.45, 7) is 7.38. The molecule has 4 aliphatic heterocycles. The van der Waals surface area contributed by atoms with Gasteiger partial charge in [0, 0.05) is 27.2 Å². The number of benzene rings is 2. The standard InChI is InChI=1S/C18H20N2O6.C18H18N2O6.C2H7P.C2H6/c2*21-9-2-1-3-10-26-13-6-4-5-11-15(13)18(25)20(17(11)24)12-7-8-14(22)19-16(12)23;1-3-2;1-2/h4-6,12,21H,1-3,7-10H2,(H,19,22,23);4-6,9,12H,1-3,7-8,10H2,(H,19,22,23);3H,1-2H3;1-2H3/i;;;1D. The van der Waals surface area contributed by atoms with Crippen LogP contribution in [0.2, 0.25) is 0 Å². The lowest BCUT2D eigenvalue weighted by molar-refractivity contribution is -0.137. The van der Waals surface area contributed by atoms with Crippen LogP contribution in [0, 0.1) is 0 Å². The summed E-state index contributed by atoms with van der Waals surface area (Å²) in [4.78, 5) is 110. The smallest absolute Gasteiger partial charge is 0.266 e. The van der Waals surface area contributed by atoms with E-state index in [0.29, 0.717) is 58.0 Å². The quantitative estimate of drug-likeness (QED) is 0.108. The van der Waals surface area contributed by atoms with Crippen LogP contribution in [0.1, 0.15) is 121 Å². The Morgan fingerprint density at radius 1 is 0.719 bits per heavy atom. The molecule has 2 aromatic rings. The third-order valence-corrected chi connectivity index (χ3v) is 8.89. The van der Waals surface area contributed by atoms with Crippen molar-refractivity contribution in [2.75, 3.05) is 33.2 Å². The Bertz CT molecular complexity index is 1860. The molecule has 2 atom stereocenters. The van der Waals surface area contributed by atoms with Crippen LogP contribution < -0.4 is 20.1 Å². The summed E-state index contributed by atoms with van der Waals surface area (Å²) in [5.41, 5.74) is 0.680. The van der Waals surface area contributed by atoms with Crippen LogP contribution in [0.3, 0.4) is 0 Å². The fourth-order valence-electron chi connectivity index (χ4n) is 6.29. The lowest BCUT2D eigenvalue weighted by Gasteiger charge is -2.27. The summed E-state index contributed by atoms with van der Waals surface area (Å²) in [5, 5.41) is 13.1. The Morgan fingerprint density at radius 3 is 1.53 bits per heavy atom. The van der Waals surface area contributed by atoms with Gasteiger partial charge in [0.05, 0.1) is 35.5 Å². The van der Waals surface area contributed by atoms with Gasteiger partial charge < -0.3 is 19.4 Å². The molecule has 4 aliphatic rings. The largest absolute Gasteiger partial charge is 0.493 e. The van der Waals surface area contributed by atoms with Gasteiger partial charge in [-0.25, -0.2) is 0 Å². The molecule has 6 rings (SSSR count). The molecule has 0 aromatic heterocycles. The molecule has 2 fully saturated rings. The maximum Gasteiger partial charge on any atom is 0.266 e. The van der Waals surface area contributed by atoms with Gasteiger partial charge in [-0.15, -0.1) is 8.58 Å². The molecule has 3 N–H and O–H groups in total. The molecule has 0 bridgehead atoms. The first kappa shape index (κ1) is 44.4. The highest BCUT2D eigenvalue weighted by molar-refractivity contribution is 7.35. The van der Waals surface area contributed by atoms with Crippen molar-refractivity contribution in [1.29, 1.82) is 0 Å². The average Bonchev–Trinajstić information content (AvgIpc) is 3.60. The lowest BCUT2D eigenvalue weighted by Crippen LogP contribution is -2.54. The molecular weight excluding hydrogens is 759 g/mol. The number of nitrogens with one attached hydrogen (secondary N) is 2. The molecule has 8 amide bonds. The van der Waals surface area contributed by atoms with Crippen LogP contribution >= 0.6 is 8.58 Å². The number of imide groups is 4. The number of nitrogens with zero attached hydrogens (tertiary/aromatic N) is 2. The molecule has 0 aliphatic carbocycles. The Hall–Kier alpha value is -5.34. The van der Waals surface area contributed by atoms with E-state index in [-0.39, 0.29) is 60.3 Å². The van der Waals surface area contributed by atoms with E-state index in [4.69, 9.17) is 16.0 Å². The van der Waals surface area contributed by atoms with E-state index in [1.165, 1.54) is 12.1 Å². The molecule has 0 saturated carbocycles. The minimum Gasteiger partial charge on any atom is -0.493 e. The average molecular weight is 812 g/mol. The van der Waals surface area contributed by atoms with Gasteiger partial charge in [0.25, 0.3) is 23.6 Å². The van der Waals surface area contributed by atoms with E-state index in [1.807, 2.05) is 0 Å². The van der Waals surface area contributed by atoms with Crippen molar-refractivity contribution in [2.24, 2.45) is 0 Å². The summed E-state index contributed by atoms with van der Waals surface area (Å²) in [6, 6.07) is 7.50. The number of rotatable bonds is 14. The fourth-order valence-corrected chi connectivity index (χ4v) is 6.29. The van der Waals surface area contributed by atoms with Crippen molar-refractivity contribution in [3.05, 3.63) is 58.7 Å². The zero-order chi connectivity index (χ0) is 42.8. The van der Waals surface area contributed by atoms with E-state index in [2.05, 4.69) is 24.0 Å². The fraction of sp³-hybridized carbons (Fsp3) is 0.475. The molecule has 0 spiro atoms. The van der Waals surface area contributed by atoms with Crippen LogP contribution in [-0.2, 0) is 24.0 Å². The van der Waals surface area contributed by atoms with Crippen LogP contribution in [0.15, 0.2) is 36.4 Å². The van der Waals surface area contributed by atoms with Crippen molar-refractivity contribution >= 4 is 62.1 Å². The number of piperidine rings is 2. The molecule has 2 saturated heterocycles. The third kappa shape index (κ3) is 11.4. The number of unbranched alkanes of at least 4 members (excludes halogenated alkanes) is 4. The number of fused-ring (bicyclic) bond motifs is 2. The summed E-state index contributed by atoms with van der Waals surface area (Å²) >= 11 is 0. The van der Waals surface area contributed by atoms with E-state index < -0.39 is 59.3 Å². The predicted molar refractivity (Wildman–Crippen MR) is 210 cm³/mol. The molecule has 16 nitrogen and oxygen atoms in total. The Morgan fingerprint density at radius 2 is 1.14 bits per heavy atom. The number of aldehydes is 1. The van der Waals surface area contributed by atoms with Gasteiger partial charge in [-0.3, -0.25) is 58.8 Å². The number of ether oxygens (including phenoxy) is 2. The van der Waals surface area contributed by atoms with Gasteiger partial charge in [0.1, 0.15) is 29.9 Å². The summed E-state index contributed by atoms with van der Waals surface area (Å²) in [5.74, 6) is -3.81. The van der Waals surface area contributed by atoms with Gasteiger partial charge in [-0.05, 0) is 82.5 Å². The molecule has 2 aromatic carbocycles. The minimum atomic E-state index is -0.999. The molecular formula is C40H51N4O12P. The van der Waals surface area contributed by atoms with Crippen molar-refractivity contribution < 1.29 is 59.1 Å². The number of carbonyl (C=O) groups is 9. The van der Waals surface area contributed by atoms with Crippen LogP contribution in [0.25, 0.3) is 0 Å². The lowest BCUT2D eigenvalue weighted by atomic mass is 10.0. The summed E-state index contributed by atoms with van der Waals surface area (Å²) in [7, 11) is 1.08. The second-order valence-electron chi connectivity index (χ2n) is 12.9. The van der Waals surface area contributed by atoms with Gasteiger partial charge in [-0.2, -0.15) is 0 Å². The van der Waals surface area contributed by atoms with Crippen LogP contribution in [0.4, 0.5) is 0 Å². The highest BCUT2D eigenvalue weighted by atomic mass is 31.1. The van der Waals surface area contributed by atoms with Gasteiger partial charge in [0.15, 0.2) is 0 Å². The van der Waals surface area contributed by atoms with Crippen molar-refractivity contribution in [3.63, 3.8) is 0 Å². The Labute approximate surface area is 334 Å². The van der Waals surface area contributed by atoms with E-state index >= 15 is 0 Å². The highest BCUT2D eigenvalue weighted by Gasteiger charge is 2.47. The number of aliphatic hydroxyl groups is 1. The highest BCUT2D eigenvalue weighted by Crippen LogP contribution is 2.35. The SMILES string of the molecule is CPC.O=C1CCC(N2C(=O)c3cccc(OCCCCCO)c3C2=O)C(=O)N1.O=CCCCCOc1cccc2c1C(=O)N(C1CCC(=O)NC1=O)C2=O.[2H]CC. The molecule has 4 heterocycles. The Kier molecular flexibility index (Phi) is 17.9. The van der Waals surface area contributed by atoms with Crippen molar-refractivity contribution in [1.82, 2.24) is 20.4 Å². The normalized spacial score (nSPS) is 18.4. The second-order valence-corrected chi connectivity index (χ2v) is 13.9. The van der Waals surface area contributed by atoms with Crippen molar-refractivity contribution in [3.8, 4) is 11.5 Å². The molecule has 57 heavy (non-hydrogen) atoms. The van der Waals surface area contributed by atoms with Crippen LogP contribution in [-0.4, -0.2) is 114 Å². The minimum absolute atomic E-state index is 0.0733. The number of aliphatic hydroxyl groups excluding tert-OH is 1. The first-order chi connectivity index (χ1) is 27.9. The summed E-state index contributed by atoms with van der Waals surface area (Å²) in [6.07, 6.45) is 5.15. The maximum absolute atomic E-state index is 12.8. The van der Waals surface area contributed by atoms with E-state index in [0.717, 1.165) is 31.1 Å². The topological polar surface area (TPSA) is 223 Å². The van der Waals surface area contributed by atoms with Crippen LogP contribution in [0.5, 0.6) is 11.5 Å². The van der Waals surface area contributed by atoms with Gasteiger partial charge in [0.2, 0.25) is 23.6 Å². The zero-order valence-corrected chi connectivity index (χ0v) is 33.4. The second kappa shape index (κ2) is 23.0. The maximum atomic E-state index is 12.8. The van der Waals surface area contributed by atoms with Gasteiger partial charge in [-0.1, -0.05) is 26.0 Å². The third-order valence-electron chi connectivity index (χ3n) is 8.89. The number of hydrogen-bond acceptors (Lipinski definition) is 12. The number of amides is 8. The molecule has 0 radical (unpaired) electrons. The summed E-state index contributed by atoms with van der Waals surface area (Å²) < 4.78 is 17.5. The van der Waals surface area contributed by atoms with E-state index in [1.54, 1.807) is 31.2 Å². The molecule has 17 heteroatoms. The van der Waals surface area contributed by atoms with Crippen molar-refractivity contribution in [2.45, 2.75) is 90.1 Å². The molecule has 308 valence electrons. The number of hydrogen-bond donors (Lipinski definition) is 3. The van der Waals surface area contributed by atoms with E-state index in [9.17, 15) is 43.2 Å².